The maximum atomic E-state index is 5.95. The Balaban J connectivity index is 2.88. The number of nitrogens with one attached hydrogen (secondary N) is 1. The number of rotatable bonds is 8. The molecule has 8 nitrogen and oxygen atoms in total. The molecule has 0 spiro atoms. The third-order valence-electron chi connectivity index (χ3n) is 2.43. The van der Waals surface area contributed by atoms with Crippen LogP contribution in [0.25, 0.3) is 0 Å². The monoisotopic (exact) mass is 256 g/mol. The van der Waals surface area contributed by atoms with E-state index < -0.39 is 0 Å². The minimum absolute atomic E-state index is 0.403. The first-order valence-electron chi connectivity index (χ1n) is 5.54. The summed E-state index contributed by atoms with van der Waals surface area (Å²) in [5.74, 6) is 6.35. The normalized spacial score (nSPS) is 10.4. The van der Waals surface area contributed by atoms with Crippen molar-refractivity contribution in [3.8, 4) is 0 Å². The average Bonchev–Trinajstić information content (AvgIpc) is 2.40. The van der Waals surface area contributed by atoms with E-state index >= 15 is 0 Å². The lowest BCUT2D eigenvalue weighted by Crippen LogP contribution is -2.32. The summed E-state index contributed by atoms with van der Waals surface area (Å²) in [4.78, 5) is 10.1. The van der Waals surface area contributed by atoms with Gasteiger partial charge >= 0.3 is 0 Å². The molecule has 1 rings (SSSR count). The predicted molar refractivity (Wildman–Crippen MR) is 70.2 cm³/mol. The van der Waals surface area contributed by atoms with Crippen LogP contribution < -0.4 is 21.9 Å². The van der Waals surface area contributed by atoms with Gasteiger partial charge in [0.2, 0.25) is 0 Å². The van der Waals surface area contributed by atoms with Crippen LogP contribution in [0, 0.1) is 0 Å². The van der Waals surface area contributed by atoms with Crippen molar-refractivity contribution >= 4 is 17.3 Å². The zero-order chi connectivity index (χ0) is 13.4. The summed E-state index contributed by atoms with van der Waals surface area (Å²) in [6.07, 6.45) is 1.41. The molecule has 0 atom stereocenters. The number of aromatic nitrogens is 2. The number of nitrogens with two attached hydrogens (primary N) is 2. The molecule has 0 aromatic carbocycles. The molecule has 0 fully saturated rings. The Morgan fingerprint density at radius 1 is 1.22 bits per heavy atom. The highest BCUT2D eigenvalue weighted by atomic mass is 16.5. The topological polar surface area (TPSA) is 112 Å². The molecule has 1 heterocycles. The molecule has 0 saturated carbocycles. The number of methoxy groups -OCH3 is 2. The number of nitrogens with zero attached hydrogens (tertiary/aromatic N) is 3. The van der Waals surface area contributed by atoms with Gasteiger partial charge in [-0.05, 0) is 0 Å². The van der Waals surface area contributed by atoms with Gasteiger partial charge in [0.25, 0.3) is 0 Å². The zero-order valence-electron chi connectivity index (χ0n) is 10.7. The van der Waals surface area contributed by atoms with E-state index in [1.54, 1.807) is 14.2 Å². The van der Waals surface area contributed by atoms with Crippen LogP contribution in [-0.2, 0) is 9.47 Å². The van der Waals surface area contributed by atoms with Crippen LogP contribution >= 0.6 is 0 Å². The molecule has 0 aliphatic carbocycles. The van der Waals surface area contributed by atoms with Crippen LogP contribution in [-0.4, -0.2) is 50.5 Å². The first-order valence-corrected chi connectivity index (χ1v) is 5.54. The van der Waals surface area contributed by atoms with Gasteiger partial charge in [0.1, 0.15) is 12.0 Å². The van der Waals surface area contributed by atoms with Crippen molar-refractivity contribution in [3.63, 3.8) is 0 Å². The van der Waals surface area contributed by atoms with Crippen LogP contribution in [0.3, 0.4) is 0 Å². The Morgan fingerprint density at radius 2 is 1.83 bits per heavy atom. The second-order valence-electron chi connectivity index (χ2n) is 3.58. The van der Waals surface area contributed by atoms with Crippen LogP contribution in [0.5, 0.6) is 0 Å². The van der Waals surface area contributed by atoms with E-state index in [1.807, 2.05) is 4.90 Å². The lowest BCUT2D eigenvalue weighted by atomic mass is 10.3. The van der Waals surface area contributed by atoms with E-state index in [1.165, 1.54) is 6.33 Å². The Kier molecular flexibility index (Phi) is 6.12. The molecular formula is C10H20N6O2. The molecule has 18 heavy (non-hydrogen) atoms. The molecule has 102 valence electrons. The quantitative estimate of drug-likeness (QED) is 0.419. The molecule has 0 unspecified atom stereocenters. The Hall–Kier alpha value is -1.64. The Labute approximate surface area is 106 Å². The van der Waals surface area contributed by atoms with Gasteiger partial charge < -0.3 is 25.5 Å². The van der Waals surface area contributed by atoms with Crippen molar-refractivity contribution in [2.45, 2.75) is 0 Å². The molecule has 5 N–H and O–H groups in total. The third-order valence-corrected chi connectivity index (χ3v) is 2.43. The highest BCUT2D eigenvalue weighted by Gasteiger charge is 2.14. The lowest BCUT2D eigenvalue weighted by Gasteiger charge is -2.24. The summed E-state index contributed by atoms with van der Waals surface area (Å²) < 4.78 is 10.1. The lowest BCUT2D eigenvalue weighted by molar-refractivity contribution is 0.190. The minimum Gasteiger partial charge on any atom is -0.393 e. The minimum atomic E-state index is 0.403. The Bertz CT molecular complexity index is 354. The standard InChI is InChI=1S/C10H20N6O2/c1-17-5-3-16(4-6-18-2)10-8(11)9(15-12)13-7-14-10/h7H,3-6,11-12H2,1-2H3,(H,13,14,15). The molecule has 0 amide bonds. The van der Waals surface area contributed by atoms with E-state index in [0.717, 1.165) is 0 Å². The molecule has 0 aliphatic rings. The van der Waals surface area contributed by atoms with Gasteiger partial charge in [-0.15, -0.1) is 0 Å². The molecule has 8 heteroatoms. The average molecular weight is 256 g/mol. The number of ether oxygens (including phenoxy) is 2. The first-order chi connectivity index (χ1) is 8.74. The molecule has 0 saturated heterocycles. The summed E-state index contributed by atoms with van der Waals surface area (Å²) >= 11 is 0. The summed E-state index contributed by atoms with van der Waals surface area (Å²) in [7, 11) is 3.29. The van der Waals surface area contributed by atoms with Crippen LogP contribution in [0.4, 0.5) is 17.3 Å². The fraction of sp³-hybridized carbons (Fsp3) is 0.600. The third kappa shape index (κ3) is 3.69. The molecular weight excluding hydrogens is 236 g/mol. The van der Waals surface area contributed by atoms with Crippen LogP contribution in [0.2, 0.25) is 0 Å². The number of hydrogen-bond donors (Lipinski definition) is 3. The molecule has 0 aliphatic heterocycles. The van der Waals surface area contributed by atoms with E-state index in [-0.39, 0.29) is 0 Å². The number of hydrazine groups is 1. The smallest absolute Gasteiger partial charge is 0.168 e. The molecule has 1 aromatic heterocycles. The van der Waals surface area contributed by atoms with Gasteiger partial charge in [0.05, 0.1) is 13.2 Å². The zero-order valence-corrected chi connectivity index (χ0v) is 10.7. The van der Waals surface area contributed by atoms with Gasteiger partial charge in [0, 0.05) is 27.3 Å². The van der Waals surface area contributed by atoms with Crippen molar-refractivity contribution < 1.29 is 9.47 Å². The fourth-order valence-corrected chi connectivity index (χ4v) is 1.48. The van der Waals surface area contributed by atoms with E-state index in [4.69, 9.17) is 21.1 Å². The fourth-order valence-electron chi connectivity index (χ4n) is 1.48. The predicted octanol–water partition coefficient (Wildman–Crippen LogP) is -0.556. The van der Waals surface area contributed by atoms with Crippen molar-refractivity contribution in [3.05, 3.63) is 6.33 Å². The van der Waals surface area contributed by atoms with Crippen molar-refractivity contribution in [2.75, 3.05) is 56.6 Å². The first kappa shape index (κ1) is 14.4. The van der Waals surface area contributed by atoms with E-state index in [9.17, 15) is 0 Å². The summed E-state index contributed by atoms with van der Waals surface area (Å²) in [5, 5.41) is 0. The van der Waals surface area contributed by atoms with Gasteiger partial charge in [-0.3, -0.25) is 0 Å². The maximum Gasteiger partial charge on any atom is 0.168 e. The molecule has 0 radical (unpaired) electrons. The van der Waals surface area contributed by atoms with E-state index in [0.29, 0.717) is 43.6 Å². The number of hydrogen-bond acceptors (Lipinski definition) is 8. The SMILES string of the molecule is COCCN(CCOC)c1ncnc(NN)c1N. The number of anilines is 3. The molecule has 1 aromatic rings. The second kappa shape index (κ2) is 7.64. The van der Waals surface area contributed by atoms with Crippen LogP contribution in [0.15, 0.2) is 6.33 Å². The summed E-state index contributed by atoms with van der Waals surface area (Å²) in [5.41, 5.74) is 8.79. The number of nitrogen functional groups attached to an aromatic ring is 2. The highest BCUT2D eigenvalue weighted by molar-refractivity contribution is 5.74. The summed E-state index contributed by atoms with van der Waals surface area (Å²) in [6.45, 7) is 2.45. The molecule has 0 bridgehead atoms. The van der Waals surface area contributed by atoms with Crippen molar-refractivity contribution in [1.29, 1.82) is 0 Å². The van der Waals surface area contributed by atoms with Gasteiger partial charge in [0.15, 0.2) is 11.6 Å². The van der Waals surface area contributed by atoms with Gasteiger partial charge in [-0.1, -0.05) is 0 Å². The largest absolute Gasteiger partial charge is 0.393 e. The van der Waals surface area contributed by atoms with Gasteiger partial charge in [-0.25, -0.2) is 15.8 Å². The van der Waals surface area contributed by atoms with Gasteiger partial charge in [-0.2, -0.15) is 0 Å². The van der Waals surface area contributed by atoms with Crippen molar-refractivity contribution in [1.82, 2.24) is 9.97 Å². The van der Waals surface area contributed by atoms with Crippen LogP contribution in [0.1, 0.15) is 0 Å². The van der Waals surface area contributed by atoms with Crippen molar-refractivity contribution in [2.24, 2.45) is 5.84 Å². The maximum absolute atomic E-state index is 5.95. The van der Waals surface area contributed by atoms with E-state index in [2.05, 4.69) is 15.4 Å². The summed E-state index contributed by atoms with van der Waals surface area (Å²) in [6, 6.07) is 0. The second-order valence-corrected chi connectivity index (χ2v) is 3.58. The highest BCUT2D eigenvalue weighted by Crippen LogP contribution is 2.24. The Morgan fingerprint density at radius 3 is 2.33 bits per heavy atom.